The lowest BCUT2D eigenvalue weighted by atomic mass is 10.1. The van der Waals surface area contributed by atoms with Crippen molar-refractivity contribution in [3.63, 3.8) is 0 Å². The Balaban J connectivity index is 2.18. The molecule has 3 N–H and O–H groups in total. The molecule has 6 heteroatoms. The van der Waals surface area contributed by atoms with Gasteiger partial charge in [0, 0.05) is 17.2 Å². The van der Waals surface area contributed by atoms with E-state index < -0.39 is 5.91 Å². The van der Waals surface area contributed by atoms with Gasteiger partial charge in [-0.25, -0.2) is 5.48 Å². The Hall–Kier alpha value is -3.51. The number of rotatable bonds is 6. The highest BCUT2D eigenvalue weighted by Gasteiger charge is 2.10. The van der Waals surface area contributed by atoms with E-state index >= 15 is 0 Å². The van der Waals surface area contributed by atoms with Crippen molar-refractivity contribution in [1.82, 2.24) is 5.48 Å². The topological polar surface area (TPSA) is 90.8 Å². The van der Waals surface area contributed by atoms with Gasteiger partial charge in [0.15, 0.2) is 0 Å². The third-order valence-corrected chi connectivity index (χ3v) is 3.53. The van der Waals surface area contributed by atoms with E-state index in [9.17, 15) is 9.59 Å². The van der Waals surface area contributed by atoms with E-state index in [0.29, 0.717) is 22.5 Å². The molecule has 0 saturated carbocycles. The maximum atomic E-state index is 12.5. The van der Waals surface area contributed by atoms with Crippen molar-refractivity contribution in [1.29, 1.82) is 0 Å². The average Bonchev–Trinajstić information content (AvgIpc) is 2.67. The Morgan fingerprint density at radius 1 is 1.12 bits per heavy atom. The standard InChI is InChI=1S/C20H19N3O3/c1-3-5-15-6-4-7-17(19(15)21-2)22-20(25)16-11-8-14(9-12-16)10-13-18(24)23-26/h3-13,26H,2H2,1H3,(H,22,25)(H,23,24)/b5-3-,13-10+. The normalized spacial score (nSPS) is 10.8. The molecule has 0 aliphatic heterocycles. The molecule has 0 bridgehead atoms. The zero-order valence-electron chi connectivity index (χ0n) is 14.3. The van der Waals surface area contributed by atoms with Crippen molar-refractivity contribution in [2.24, 2.45) is 4.99 Å². The number of benzene rings is 2. The van der Waals surface area contributed by atoms with Crippen molar-refractivity contribution in [3.05, 3.63) is 71.3 Å². The van der Waals surface area contributed by atoms with Gasteiger partial charge in [-0.3, -0.25) is 19.8 Å². The molecule has 0 radical (unpaired) electrons. The lowest BCUT2D eigenvalue weighted by Gasteiger charge is -2.10. The molecule has 0 aromatic heterocycles. The average molecular weight is 349 g/mol. The van der Waals surface area contributed by atoms with Gasteiger partial charge in [0.25, 0.3) is 11.8 Å². The van der Waals surface area contributed by atoms with Crippen LogP contribution < -0.4 is 10.8 Å². The molecule has 0 heterocycles. The summed E-state index contributed by atoms with van der Waals surface area (Å²) in [6.07, 6.45) is 6.49. The van der Waals surface area contributed by atoms with Crippen LogP contribution in [-0.4, -0.2) is 23.7 Å². The second-order valence-corrected chi connectivity index (χ2v) is 5.29. The van der Waals surface area contributed by atoms with E-state index in [-0.39, 0.29) is 5.91 Å². The lowest BCUT2D eigenvalue weighted by Crippen LogP contribution is -2.14. The van der Waals surface area contributed by atoms with Crippen molar-refractivity contribution >= 4 is 42.1 Å². The number of para-hydroxylation sites is 1. The van der Waals surface area contributed by atoms with Crippen LogP contribution in [0.2, 0.25) is 0 Å². The van der Waals surface area contributed by atoms with Gasteiger partial charge in [-0.05, 0) is 43.5 Å². The number of allylic oxidation sites excluding steroid dienone is 1. The first-order valence-electron chi connectivity index (χ1n) is 7.85. The first-order valence-corrected chi connectivity index (χ1v) is 7.85. The number of carbonyl (C=O) groups is 2. The first kappa shape index (κ1) is 18.8. The van der Waals surface area contributed by atoms with Gasteiger partial charge in [0.1, 0.15) is 0 Å². The summed E-state index contributed by atoms with van der Waals surface area (Å²) in [5, 5.41) is 11.3. The third-order valence-electron chi connectivity index (χ3n) is 3.53. The van der Waals surface area contributed by atoms with Crippen molar-refractivity contribution in [2.75, 3.05) is 5.32 Å². The Kier molecular flexibility index (Phi) is 6.59. The second-order valence-electron chi connectivity index (χ2n) is 5.29. The molecule has 6 nitrogen and oxygen atoms in total. The van der Waals surface area contributed by atoms with E-state index in [1.54, 1.807) is 30.3 Å². The van der Waals surface area contributed by atoms with Crippen LogP contribution in [0.5, 0.6) is 0 Å². The van der Waals surface area contributed by atoms with E-state index in [4.69, 9.17) is 5.21 Å². The first-order chi connectivity index (χ1) is 12.6. The minimum atomic E-state index is -0.628. The van der Waals surface area contributed by atoms with Gasteiger partial charge in [-0.1, -0.05) is 36.4 Å². The molecule has 2 aromatic rings. The zero-order chi connectivity index (χ0) is 18.9. The molecular weight excluding hydrogens is 330 g/mol. The van der Waals surface area contributed by atoms with Crippen molar-refractivity contribution < 1.29 is 14.8 Å². The minimum Gasteiger partial charge on any atom is -0.320 e. The Morgan fingerprint density at radius 2 is 1.85 bits per heavy atom. The Bertz CT molecular complexity index is 868. The van der Waals surface area contributed by atoms with Gasteiger partial charge in [0.2, 0.25) is 0 Å². The number of nitrogens with one attached hydrogen (secondary N) is 2. The van der Waals surface area contributed by atoms with Crippen LogP contribution in [0.4, 0.5) is 11.4 Å². The summed E-state index contributed by atoms with van der Waals surface area (Å²) in [7, 11) is 0. The molecule has 0 spiro atoms. The molecule has 26 heavy (non-hydrogen) atoms. The van der Waals surface area contributed by atoms with Crippen LogP contribution in [0.25, 0.3) is 12.2 Å². The van der Waals surface area contributed by atoms with Crippen LogP contribution in [0, 0.1) is 0 Å². The van der Waals surface area contributed by atoms with Crippen LogP contribution in [0.3, 0.4) is 0 Å². The molecular formula is C20H19N3O3. The quantitative estimate of drug-likeness (QED) is 0.320. The fourth-order valence-corrected chi connectivity index (χ4v) is 2.30. The van der Waals surface area contributed by atoms with Gasteiger partial charge in [-0.2, -0.15) is 0 Å². The number of aliphatic imine (C=N–C) groups is 1. The van der Waals surface area contributed by atoms with E-state index in [1.165, 1.54) is 17.6 Å². The molecule has 0 unspecified atom stereocenters. The van der Waals surface area contributed by atoms with Crippen molar-refractivity contribution in [3.8, 4) is 0 Å². The molecule has 132 valence electrons. The maximum absolute atomic E-state index is 12.5. The number of hydrogen-bond donors (Lipinski definition) is 3. The highest BCUT2D eigenvalue weighted by Crippen LogP contribution is 2.30. The largest absolute Gasteiger partial charge is 0.320 e. The lowest BCUT2D eigenvalue weighted by molar-refractivity contribution is -0.124. The molecule has 0 atom stereocenters. The van der Waals surface area contributed by atoms with Crippen molar-refractivity contribution in [2.45, 2.75) is 6.92 Å². The molecule has 0 aliphatic rings. The van der Waals surface area contributed by atoms with Crippen LogP contribution in [0.15, 0.2) is 59.6 Å². The summed E-state index contributed by atoms with van der Waals surface area (Å²) in [6.45, 7) is 5.48. The predicted molar refractivity (Wildman–Crippen MR) is 104 cm³/mol. The Morgan fingerprint density at radius 3 is 2.46 bits per heavy atom. The number of anilines is 1. The van der Waals surface area contributed by atoms with Crippen LogP contribution >= 0.6 is 0 Å². The van der Waals surface area contributed by atoms with Gasteiger partial charge >= 0.3 is 0 Å². The number of carbonyl (C=O) groups excluding carboxylic acids is 2. The van der Waals surface area contributed by atoms with E-state index in [1.807, 2.05) is 31.2 Å². The molecule has 0 saturated heterocycles. The minimum absolute atomic E-state index is 0.281. The van der Waals surface area contributed by atoms with Crippen LogP contribution in [0.1, 0.15) is 28.4 Å². The summed E-state index contributed by atoms with van der Waals surface area (Å²) in [6, 6.07) is 12.2. The number of hydroxylamine groups is 1. The molecule has 2 rings (SSSR count). The molecule has 0 aliphatic carbocycles. The van der Waals surface area contributed by atoms with E-state index in [0.717, 1.165) is 5.56 Å². The summed E-state index contributed by atoms with van der Waals surface area (Å²) < 4.78 is 0. The number of hydrogen-bond acceptors (Lipinski definition) is 4. The Labute approximate surface area is 151 Å². The third kappa shape index (κ3) is 4.75. The van der Waals surface area contributed by atoms with Gasteiger partial charge in [-0.15, -0.1) is 0 Å². The fourth-order valence-electron chi connectivity index (χ4n) is 2.30. The highest BCUT2D eigenvalue weighted by atomic mass is 16.5. The highest BCUT2D eigenvalue weighted by molar-refractivity contribution is 6.06. The summed E-state index contributed by atoms with van der Waals surface area (Å²) >= 11 is 0. The fraction of sp³-hybridized carbons (Fsp3) is 0.0500. The summed E-state index contributed by atoms with van der Waals surface area (Å²) in [5.41, 5.74) is 4.72. The SMILES string of the molecule is C=Nc1c(/C=C\C)cccc1NC(=O)c1ccc(/C=C/C(=O)NO)cc1. The van der Waals surface area contributed by atoms with Gasteiger partial charge in [0.05, 0.1) is 11.4 Å². The zero-order valence-corrected chi connectivity index (χ0v) is 14.3. The smallest absolute Gasteiger partial charge is 0.267 e. The monoisotopic (exact) mass is 349 g/mol. The predicted octanol–water partition coefficient (Wildman–Crippen LogP) is 3.82. The molecule has 2 amide bonds. The summed E-state index contributed by atoms with van der Waals surface area (Å²) in [4.78, 5) is 27.5. The summed E-state index contributed by atoms with van der Waals surface area (Å²) in [5.74, 6) is -0.909. The van der Waals surface area contributed by atoms with Crippen LogP contribution in [-0.2, 0) is 4.79 Å². The number of nitrogens with zero attached hydrogens (tertiary/aromatic N) is 1. The molecule has 0 fully saturated rings. The van der Waals surface area contributed by atoms with Gasteiger partial charge < -0.3 is 5.32 Å². The maximum Gasteiger partial charge on any atom is 0.267 e. The van der Waals surface area contributed by atoms with E-state index in [2.05, 4.69) is 17.0 Å². The molecule has 2 aromatic carbocycles. The number of amides is 2. The second kappa shape index (κ2) is 9.10.